The first-order valence-corrected chi connectivity index (χ1v) is 7.47. The van der Waals surface area contributed by atoms with Gasteiger partial charge in [0.25, 0.3) is 0 Å². The standard InChI is InChI=1S/C14H10INOS/c15-13-7-9(8-18-13)14(17)11-3-1-5-12-10(11)4-2-6-16-12/h1-8,14,17H. The van der Waals surface area contributed by atoms with Crippen molar-refractivity contribution in [3.63, 3.8) is 0 Å². The van der Waals surface area contributed by atoms with E-state index in [-0.39, 0.29) is 0 Å². The van der Waals surface area contributed by atoms with E-state index in [0.29, 0.717) is 0 Å². The first-order valence-electron chi connectivity index (χ1n) is 5.51. The first kappa shape index (κ1) is 12.1. The number of hydrogen-bond donors (Lipinski definition) is 1. The summed E-state index contributed by atoms with van der Waals surface area (Å²) in [6, 6.07) is 11.8. The maximum absolute atomic E-state index is 10.5. The van der Waals surface area contributed by atoms with Crippen LogP contribution in [-0.4, -0.2) is 10.1 Å². The molecule has 0 amide bonds. The summed E-state index contributed by atoms with van der Waals surface area (Å²) in [6.07, 6.45) is 1.18. The summed E-state index contributed by atoms with van der Waals surface area (Å²) in [5.41, 5.74) is 2.77. The number of aromatic nitrogens is 1. The molecule has 0 aliphatic rings. The van der Waals surface area contributed by atoms with Gasteiger partial charge in [-0.05, 0) is 57.3 Å². The molecule has 0 saturated carbocycles. The van der Waals surface area contributed by atoms with Crippen LogP contribution in [0.4, 0.5) is 0 Å². The number of benzene rings is 1. The predicted molar refractivity (Wildman–Crippen MR) is 82.8 cm³/mol. The van der Waals surface area contributed by atoms with E-state index in [1.54, 1.807) is 17.5 Å². The van der Waals surface area contributed by atoms with Crippen molar-refractivity contribution in [3.05, 3.63) is 62.0 Å². The van der Waals surface area contributed by atoms with Gasteiger partial charge in [0, 0.05) is 11.6 Å². The first-order chi connectivity index (χ1) is 8.75. The Labute approximate surface area is 122 Å². The summed E-state index contributed by atoms with van der Waals surface area (Å²) in [7, 11) is 0. The lowest BCUT2D eigenvalue weighted by Gasteiger charge is -2.12. The molecule has 2 aromatic heterocycles. The highest BCUT2D eigenvalue weighted by molar-refractivity contribution is 14.1. The van der Waals surface area contributed by atoms with E-state index in [1.807, 2.05) is 41.8 Å². The molecule has 0 fully saturated rings. The van der Waals surface area contributed by atoms with Gasteiger partial charge in [-0.1, -0.05) is 18.2 Å². The molecule has 1 N–H and O–H groups in total. The Hall–Kier alpha value is -0.980. The normalized spacial score (nSPS) is 12.8. The van der Waals surface area contributed by atoms with Crippen molar-refractivity contribution in [2.45, 2.75) is 6.10 Å². The van der Waals surface area contributed by atoms with Gasteiger partial charge < -0.3 is 5.11 Å². The van der Waals surface area contributed by atoms with Crippen LogP contribution in [-0.2, 0) is 0 Å². The van der Waals surface area contributed by atoms with Gasteiger partial charge in [-0.15, -0.1) is 11.3 Å². The third kappa shape index (κ3) is 2.15. The number of pyridine rings is 1. The lowest BCUT2D eigenvalue weighted by molar-refractivity contribution is 0.222. The lowest BCUT2D eigenvalue weighted by Crippen LogP contribution is -1.99. The highest BCUT2D eigenvalue weighted by Crippen LogP contribution is 2.30. The van der Waals surface area contributed by atoms with Gasteiger partial charge >= 0.3 is 0 Å². The summed E-state index contributed by atoms with van der Waals surface area (Å²) in [4.78, 5) is 4.31. The number of nitrogens with zero attached hydrogens (tertiary/aromatic N) is 1. The number of aliphatic hydroxyl groups is 1. The van der Waals surface area contributed by atoms with E-state index < -0.39 is 6.10 Å². The minimum Gasteiger partial charge on any atom is -0.384 e. The molecule has 0 radical (unpaired) electrons. The molecular formula is C14H10INOS. The Morgan fingerprint density at radius 2 is 2.11 bits per heavy atom. The fourth-order valence-electron chi connectivity index (χ4n) is 2.01. The molecule has 0 aliphatic heterocycles. The fourth-order valence-corrected chi connectivity index (χ4v) is 3.40. The highest BCUT2D eigenvalue weighted by atomic mass is 127. The van der Waals surface area contributed by atoms with Crippen molar-refractivity contribution >= 4 is 44.8 Å². The SMILES string of the molecule is OC(c1csc(I)c1)c1cccc2ncccc12. The molecular weight excluding hydrogens is 357 g/mol. The van der Waals surface area contributed by atoms with Crippen LogP contribution in [0.25, 0.3) is 10.9 Å². The second-order valence-corrected chi connectivity index (χ2v) is 6.81. The van der Waals surface area contributed by atoms with Crippen molar-refractivity contribution in [2.24, 2.45) is 0 Å². The molecule has 0 spiro atoms. The van der Waals surface area contributed by atoms with Gasteiger partial charge in [-0.2, -0.15) is 0 Å². The molecule has 1 aromatic carbocycles. The molecule has 90 valence electrons. The van der Waals surface area contributed by atoms with Crippen LogP contribution < -0.4 is 0 Å². The number of rotatable bonds is 2. The summed E-state index contributed by atoms with van der Waals surface area (Å²) < 4.78 is 1.18. The number of thiophene rings is 1. The van der Waals surface area contributed by atoms with E-state index in [4.69, 9.17) is 0 Å². The number of halogens is 1. The Morgan fingerprint density at radius 1 is 1.22 bits per heavy atom. The minimum atomic E-state index is -0.585. The van der Waals surface area contributed by atoms with Gasteiger partial charge in [0.15, 0.2) is 0 Å². The lowest BCUT2D eigenvalue weighted by atomic mass is 10.00. The zero-order valence-electron chi connectivity index (χ0n) is 9.38. The minimum absolute atomic E-state index is 0.585. The smallest absolute Gasteiger partial charge is 0.106 e. The van der Waals surface area contributed by atoms with Gasteiger partial charge in [-0.3, -0.25) is 4.98 Å². The number of aliphatic hydroxyl groups excluding tert-OH is 1. The van der Waals surface area contributed by atoms with Crippen molar-refractivity contribution in [3.8, 4) is 0 Å². The molecule has 3 rings (SSSR count). The predicted octanol–water partition coefficient (Wildman–Crippen LogP) is 3.98. The number of hydrogen-bond acceptors (Lipinski definition) is 3. The topological polar surface area (TPSA) is 33.1 Å². The molecule has 0 aliphatic carbocycles. The molecule has 2 nitrogen and oxygen atoms in total. The molecule has 1 unspecified atom stereocenters. The fraction of sp³-hybridized carbons (Fsp3) is 0.0714. The molecule has 1 atom stereocenters. The zero-order chi connectivity index (χ0) is 12.5. The van der Waals surface area contributed by atoms with E-state index in [2.05, 4.69) is 27.6 Å². The van der Waals surface area contributed by atoms with Crippen LogP contribution in [0.5, 0.6) is 0 Å². The number of fused-ring (bicyclic) bond motifs is 1. The summed E-state index contributed by atoms with van der Waals surface area (Å²) in [6.45, 7) is 0. The van der Waals surface area contributed by atoms with E-state index >= 15 is 0 Å². The Bertz CT molecular complexity index is 690. The third-order valence-electron chi connectivity index (χ3n) is 2.88. The van der Waals surface area contributed by atoms with E-state index in [0.717, 1.165) is 22.0 Å². The van der Waals surface area contributed by atoms with Crippen LogP contribution in [0.3, 0.4) is 0 Å². The third-order valence-corrected chi connectivity index (χ3v) is 4.68. The molecule has 2 heterocycles. The molecule has 18 heavy (non-hydrogen) atoms. The van der Waals surface area contributed by atoms with Crippen LogP contribution in [0.1, 0.15) is 17.2 Å². The maximum Gasteiger partial charge on any atom is 0.106 e. The molecule has 4 heteroatoms. The molecule has 0 saturated heterocycles. The summed E-state index contributed by atoms with van der Waals surface area (Å²) in [5, 5.41) is 13.5. The Balaban J connectivity index is 2.14. The second kappa shape index (κ2) is 4.95. The van der Waals surface area contributed by atoms with Crippen LogP contribution in [0.2, 0.25) is 0 Å². The van der Waals surface area contributed by atoms with Crippen LogP contribution >= 0.6 is 33.9 Å². The van der Waals surface area contributed by atoms with E-state index in [1.165, 1.54) is 2.88 Å². The van der Waals surface area contributed by atoms with Crippen LogP contribution in [0, 0.1) is 2.88 Å². The second-order valence-electron chi connectivity index (χ2n) is 4.00. The van der Waals surface area contributed by atoms with Crippen molar-refractivity contribution < 1.29 is 5.11 Å². The van der Waals surface area contributed by atoms with E-state index in [9.17, 15) is 5.11 Å². The van der Waals surface area contributed by atoms with Crippen molar-refractivity contribution in [1.29, 1.82) is 0 Å². The highest BCUT2D eigenvalue weighted by Gasteiger charge is 2.14. The van der Waals surface area contributed by atoms with Crippen LogP contribution in [0.15, 0.2) is 48.0 Å². The van der Waals surface area contributed by atoms with Gasteiger partial charge in [0.2, 0.25) is 0 Å². The van der Waals surface area contributed by atoms with Crippen molar-refractivity contribution in [1.82, 2.24) is 4.98 Å². The quantitative estimate of drug-likeness (QED) is 0.695. The molecule has 3 aromatic rings. The monoisotopic (exact) mass is 367 g/mol. The maximum atomic E-state index is 10.5. The largest absolute Gasteiger partial charge is 0.384 e. The van der Waals surface area contributed by atoms with Gasteiger partial charge in [-0.25, -0.2) is 0 Å². The van der Waals surface area contributed by atoms with Gasteiger partial charge in [0.1, 0.15) is 6.10 Å². The Kier molecular flexibility index (Phi) is 3.32. The van der Waals surface area contributed by atoms with Crippen molar-refractivity contribution in [2.75, 3.05) is 0 Å². The average molecular weight is 367 g/mol. The molecule has 0 bridgehead atoms. The Morgan fingerprint density at radius 3 is 2.89 bits per heavy atom. The van der Waals surface area contributed by atoms with Gasteiger partial charge in [0.05, 0.1) is 8.40 Å². The summed E-state index contributed by atoms with van der Waals surface area (Å²) in [5.74, 6) is 0. The average Bonchev–Trinajstić information content (AvgIpc) is 2.84. The summed E-state index contributed by atoms with van der Waals surface area (Å²) >= 11 is 3.91. The zero-order valence-corrected chi connectivity index (χ0v) is 12.4.